The molecule has 146 valence electrons. The molecule has 0 aliphatic heterocycles. The summed E-state index contributed by atoms with van der Waals surface area (Å²) >= 11 is 0. The first-order valence-corrected chi connectivity index (χ1v) is 8.49. The van der Waals surface area contributed by atoms with Gasteiger partial charge in [-0.3, -0.25) is 4.79 Å². The number of rotatable bonds is 8. The van der Waals surface area contributed by atoms with Crippen LogP contribution >= 0.6 is 12.4 Å². The fourth-order valence-electron chi connectivity index (χ4n) is 2.88. The Balaban J connectivity index is 0.00000280. The molecule has 0 bridgehead atoms. The summed E-state index contributed by atoms with van der Waals surface area (Å²) in [6.07, 6.45) is 0. The molecule has 0 saturated carbocycles. The Morgan fingerprint density at radius 1 is 0.964 bits per heavy atom. The van der Waals surface area contributed by atoms with Gasteiger partial charge in [-0.15, -0.1) is 12.4 Å². The van der Waals surface area contributed by atoms with Crippen LogP contribution < -0.4 is 15.8 Å². The maximum Gasteiger partial charge on any atom is 0.335 e. The second kappa shape index (κ2) is 9.73. The summed E-state index contributed by atoms with van der Waals surface area (Å²) in [5.74, 6) is -0.858. The van der Waals surface area contributed by atoms with Gasteiger partial charge in [0.25, 0.3) is 5.91 Å². The average molecular weight is 401 g/mol. The number of primary amides is 1. The summed E-state index contributed by atoms with van der Waals surface area (Å²) in [6, 6.07) is 18.4. The van der Waals surface area contributed by atoms with Crippen molar-refractivity contribution in [1.29, 1.82) is 0 Å². The number of halogens is 1. The third kappa shape index (κ3) is 5.22. The second-order valence-electron chi connectivity index (χ2n) is 6.12. The molecule has 0 unspecified atom stereocenters. The first-order chi connectivity index (χ1) is 13.0. The quantitative estimate of drug-likeness (QED) is 0.539. The van der Waals surface area contributed by atoms with Crippen LogP contribution in [0.4, 0.5) is 0 Å². The van der Waals surface area contributed by atoms with Crippen LogP contribution in [0, 0.1) is 0 Å². The van der Waals surface area contributed by atoms with Gasteiger partial charge in [0, 0.05) is 18.7 Å². The van der Waals surface area contributed by atoms with Crippen LogP contribution in [0.15, 0.2) is 60.7 Å². The molecule has 0 aliphatic carbocycles. The largest absolute Gasteiger partial charge is 0.483 e. The number of ether oxygens (including phenoxy) is 1. The van der Waals surface area contributed by atoms with E-state index in [9.17, 15) is 9.59 Å². The normalized spacial score (nSPS) is 10.3. The van der Waals surface area contributed by atoms with Crippen molar-refractivity contribution < 1.29 is 19.4 Å². The zero-order chi connectivity index (χ0) is 19.2. The van der Waals surface area contributed by atoms with Crippen molar-refractivity contribution in [2.24, 2.45) is 5.73 Å². The molecule has 0 radical (unpaired) electrons. The molecular formula is C21H21ClN2O4. The Labute approximate surface area is 168 Å². The van der Waals surface area contributed by atoms with Crippen LogP contribution in [0.25, 0.3) is 10.8 Å². The second-order valence-corrected chi connectivity index (χ2v) is 6.12. The van der Waals surface area contributed by atoms with E-state index in [1.54, 1.807) is 24.3 Å². The lowest BCUT2D eigenvalue weighted by molar-refractivity contribution is -0.119. The van der Waals surface area contributed by atoms with E-state index in [-0.39, 0.29) is 24.6 Å². The molecule has 0 spiro atoms. The van der Waals surface area contributed by atoms with Gasteiger partial charge in [0.2, 0.25) is 0 Å². The number of aromatic carboxylic acids is 1. The lowest BCUT2D eigenvalue weighted by Gasteiger charge is -2.14. The third-order valence-electron chi connectivity index (χ3n) is 4.20. The van der Waals surface area contributed by atoms with Crippen LogP contribution in [-0.4, -0.2) is 23.6 Å². The summed E-state index contributed by atoms with van der Waals surface area (Å²) in [5, 5.41) is 14.4. The molecule has 0 aromatic heterocycles. The van der Waals surface area contributed by atoms with Crippen molar-refractivity contribution >= 4 is 35.1 Å². The zero-order valence-electron chi connectivity index (χ0n) is 15.1. The fourth-order valence-corrected chi connectivity index (χ4v) is 2.88. The highest BCUT2D eigenvalue weighted by atomic mass is 35.5. The van der Waals surface area contributed by atoms with Gasteiger partial charge in [-0.25, -0.2) is 4.79 Å². The Hall–Kier alpha value is -3.09. The van der Waals surface area contributed by atoms with Crippen molar-refractivity contribution in [1.82, 2.24) is 5.32 Å². The maximum absolute atomic E-state index is 11.1. The minimum atomic E-state index is -0.943. The Bertz CT molecular complexity index is 974. The Morgan fingerprint density at radius 2 is 1.68 bits per heavy atom. The van der Waals surface area contributed by atoms with E-state index in [4.69, 9.17) is 15.6 Å². The van der Waals surface area contributed by atoms with Crippen LogP contribution in [-0.2, 0) is 17.9 Å². The molecule has 6 nitrogen and oxygen atoms in total. The lowest BCUT2D eigenvalue weighted by Crippen LogP contribution is -2.21. The summed E-state index contributed by atoms with van der Waals surface area (Å²) in [7, 11) is 0. The topological polar surface area (TPSA) is 102 Å². The fraction of sp³-hybridized carbons (Fsp3) is 0.143. The SMILES string of the molecule is Cl.NC(=O)COc1ccc2ccccc2c1CNCc1ccc(C(=O)O)cc1. The van der Waals surface area contributed by atoms with E-state index in [0.717, 1.165) is 21.9 Å². The van der Waals surface area contributed by atoms with Gasteiger partial charge in [0.1, 0.15) is 5.75 Å². The van der Waals surface area contributed by atoms with Crippen LogP contribution in [0.5, 0.6) is 5.75 Å². The molecule has 3 rings (SSSR count). The molecule has 0 fully saturated rings. The molecule has 0 saturated heterocycles. The number of nitrogens with one attached hydrogen (secondary N) is 1. The predicted molar refractivity (Wildman–Crippen MR) is 110 cm³/mol. The van der Waals surface area contributed by atoms with E-state index in [2.05, 4.69) is 5.32 Å². The molecule has 3 aromatic carbocycles. The van der Waals surface area contributed by atoms with Crippen molar-refractivity contribution in [3.63, 3.8) is 0 Å². The summed E-state index contributed by atoms with van der Waals surface area (Å²) in [5.41, 5.74) is 7.36. The van der Waals surface area contributed by atoms with E-state index < -0.39 is 11.9 Å². The van der Waals surface area contributed by atoms with Crippen molar-refractivity contribution in [3.05, 3.63) is 77.4 Å². The number of carboxylic acids is 1. The molecule has 1 amide bonds. The minimum Gasteiger partial charge on any atom is -0.483 e. The Morgan fingerprint density at radius 3 is 2.36 bits per heavy atom. The molecular weight excluding hydrogens is 380 g/mol. The number of benzene rings is 3. The van der Waals surface area contributed by atoms with Crippen molar-refractivity contribution in [2.75, 3.05) is 6.61 Å². The van der Waals surface area contributed by atoms with Gasteiger partial charge >= 0.3 is 5.97 Å². The van der Waals surface area contributed by atoms with E-state index in [1.165, 1.54) is 0 Å². The summed E-state index contributed by atoms with van der Waals surface area (Å²) in [4.78, 5) is 22.0. The van der Waals surface area contributed by atoms with Gasteiger partial charge in [-0.05, 0) is 34.5 Å². The van der Waals surface area contributed by atoms with Crippen LogP contribution in [0.1, 0.15) is 21.5 Å². The number of hydrogen-bond acceptors (Lipinski definition) is 4. The molecule has 0 aliphatic rings. The smallest absolute Gasteiger partial charge is 0.335 e. The molecule has 0 atom stereocenters. The van der Waals surface area contributed by atoms with Crippen LogP contribution in [0.2, 0.25) is 0 Å². The molecule has 0 heterocycles. The highest BCUT2D eigenvalue weighted by molar-refractivity contribution is 5.88. The van der Waals surface area contributed by atoms with Gasteiger partial charge < -0.3 is 20.9 Å². The van der Waals surface area contributed by atoms with E-state index in [1.807, 2.05) is 36.4 Å². The van der Waals surface area contributed by atoms with Gasteiger partial charge in [-0.2, -0.15) is 0 Å². The summed E-state index contributed by atoms with van der Waals surface area (Å²) < 4.78 is 5.57. The first kappa shape index (κ1) is 21.2. The van der Waals surface area contributed by atoms with E-state index >= 15 is 0 Å². The molecule has 3 aromatic rings. The monoisotopic (exact) mass is 400 g/mol. The molecule has 28 heavy (non-hydrogen) atoms. The van der Waals surface area contributed by atoms with Gasteiger partial charge in [0.15, 0.2) is 6.61 Å². The van der Waals surface area contributed by atoms with Crippen molar-refractivity contribution in [3.8, 4) is 5.75 Å². The number of carboxylic acid groups (broad SMARTS) is 1. The molecule has 4 N–H and O–H groups in total. The predicted octanol–water partition coefficient (Wildman–Crippen LogP) is 3.11. The zero-order valence-corrected chi connectivity index (χ0v) is 15.9. The molecule has 7 heteroatoms. The number of nitrogens with two attached hydrogens (primary N) is 1. The number of carbonyl (C=O) groups is 2. The average Bonchev–Trinajstić information content (AvgIpc) is 2.67. The minimum absolute atomic E-state index is 0. The number of amides is 1. The number of carbonyl (C=O) groups excluding carboxylic acids is 1. The first-order valence-electron chi connectivity index (χ1n) is 8.49. The van der Waals surface area contributed by atoms with Gasteiger partial charge in [-0.1, -0.05) is 42.5 Å². The summed E-state index contributed by atoms with van der Waals surface area (Å²) in [6.45, 7) is 0.913. The highest BCUT2D eigenvalue weighted by Gasteiger charge is 2.10. The van der Waals surface area contributed by atoms with Crippen LogP contribution in [0.3, 0.4) is 0 Å². The van der Waals surface area contributed by atoms with Gasteiger partial charge in [0.05, 0.1) is 5.56 Å². The highest BCUT2D eigenvalue weighted by Crippen LogP contribution is 2.28. The number of hydrogen-bond donors (Lipinski definition) is 3. The number of fused-ring (bicyclic) bond motifs is 1. The Kier molecular flexibility index (Phi) is 7.37. The lowest BCUT2D eigenvalue weighted by atomic mass is 10.0. The third-order valence-corrected chi connectivity index (χ3v) is 4.20. The maximum atomic E-state index is 11.1. The van der Waals surface area contributed by atoms with E-state index in [0.29, 0.717) is 18.8 Å². The standard InChI is InChI=1S/C21H20N2O4.ClH/c22-20(24)13-27-19-10-9-15-3-1-2-4-17(15)18(19)12-23-11-14-5-7-16(8-6-14)21(25)26;/h1-10,23H,11-13H2,(H2,22,24)(H,25,26);1H. The van der Waals surface area contributed by atoms with Crippen molar-refractivity contribution in [2.45, 2.75) is 13.1 Å².